The van der Waals surface area contributed by atoms with Crippen LogP contribution in [0, 0.1) is 6.92 Å². The monoisotopic (exact) mass is 263 g/mol. The van der Waals surface area contributed by atoms with Crippen molar-refractivity contribution in [2.24, 2.45) is 0 Å². The van der Waals surface area contributed by atoms with Crippen molar-refractivity contribution in [3.05, 3.63) is 66.2 Å². The molecular formula is C17H13NO2. The van der Waals surface area contributed by atoms with Crippen LogP contribution < -0.4 is 4.90 Å². The lowest BCUT2D eigenvalue weighted by molar-refractivity contribution is -0.119. The molecule has 0 bridgehead atoms. The zero-order valence-corrected chi connectivity index (χ0v) is 11.0. The predicted molar refractivity (Wildman–Crippen MR) is 78.2 cm³/mol. The van der Waals surface area contributed by atoms with E-state index in [9.17, 15) is 9.59 Å². The summed E-state index contributed by atoms with van der Waals surface area (Å²) in [7, 11) is 0. The number of carbonyl (C=O) groups excluding carboxylic acids is 2. The van der Waals surface area contributed by atoms with E-state index in [4.69, 9.17) is 0 Å². The van der Waals surface area contributed by atoms with Crippen molar-refractivity contribution in [1.29, 1.82) is 0 Å². The fourth-order valence-electron chi connectivity index (χ4n) is 2.41. The first-order valence-corrected chi connectivity index (χ1v) is 6.39. The van der Waals surface area contributed by atoms with E-state index in [0.29, 0.717) is 5.69 Å². The summed E-state index contributed by atoms with van der Waals surface area (Å²) in [6, 6.07) is 15.4. The van der Waals surface area contributed by atoms with Gasteiger partial charge in [-0.3, -0.25) is 9.59 Å². The topological polar surface area (TPSA) is 37.4 Å². The molecule has 2 aromatic carbocycles. The summed E-state index contributed by atoms with van der Waals surface area (Å²) in [4.78, 5) is 25.0. The van der Waals surface area contributed by atoms with Crippen LogP contribution >= 0.6 is 0 Å². The Kier molecular flexibility index (Phi) is 2.95. The van der Waals surface area contributed by atoms with Crippen molar-refractivity contribution in [3.63, 3.8) is 0 Å². The molecule has 0 radical (unpaired) electrons. The van der Waals surface area contributed by atoms with E-state index in [0.717, 1.165) is 16.7 Å². The SMILES string of the molecule is Cc1ccccc1-c1ccccc1N1C(=O)C=CC1=O. The average Bonchev–Trinajstić information content (AvgIpc) is 2.79. The maximum Gasteiger partial charge on any atom is 0.258 e. The van der Waals surface area contributed by atoms with Crippen molar-refractivity contribution in [2.75, 3.05) is 4.90 Å². The van der Waals surface area contributed by atoms with Crippen molar-refractivity contribution in [1.82, 2.24) is 0 Å². The minimum absolute atomic E-state index is 0.295. The van der Waals surface area contributed by atoms with Gasteiger partial charge < -0.3 is 0 Å². The average molecular weight is 263 g/mol. The van der Waals surface area contributed by atoms with Gasteiger partial charge in [-0.15, -0.1) is 0 Å². The van der Waals surface area contributed by atoms with Gasteiger partial charge in [-0.05, 0) is 24.1 Å². The van der Waals surface area contributed by atoms with Crippen LogP contribution in [-0.2, 0) is 9.59 Å². The van der Waals surface area contributed by atoms with Crippen LogP contribution in [0.1, 0.15) is 5.56 Å². The highest BCUT2D eigenvalue weighted by Crippen LogP contribution is 2.34. The Morgan fingerprint density at radius 3 is 1.95 bits per heavy atom. The predicted octanol–water partition coefficient (Wildman–Crippen LogP) is 3.09. The molecule has 0 aromatic heterocycles. The molecule has 1 aliphatic rings. The second-order valence-corrected chi connectivity index (χ2v) is 4.68. The number of hydrogen-bond donors (Lipinski definition) is 0. The van der Waals surface area contributed by atoms with Gasteiger partial charge in [-0.2, -0.15) is 0 Å². The highest BCUT2D eigenvalue weighted by molar-refractivity contribution is 6.29. The zero-order valence-electron chi connectivity index (χ0n) is 11.0. The van der Waals surface area contributed by atoms with Gasteiger partial charge in [0.1, 0.15) is 0 Å². The Hall–Kier alpha value is -2.68. The molecule has 1 heterocycles. The van der Waals surface area contributed by atoms with Crippen molar-refractivity contribution in [3.8, 4) is 11.1 Å². The molecule has 0 saturated heterocycles. The molecule has 20 heavy (non-hydrogen) atoms. The van der Waals surface area contributed by atoms with E-state index in [1.54, 1.807) is 6.07 Å². The van der Waals surface area contributed by atoms with Gasteiger partial charge in [0.05, 0.1) is 5.69 Å². The molecule has 0 spiro atoms. The fraction of sp³-hybridized carbons (Fsp3) is 0.0588. The fourth-order valence-corrected chi connectivity index (χ4v) is 2.41. The van der Waals surface area contributed by atoms with E-state index in [-0.39, 0.29) is 11.8 Å². The van der Waals surface area contributed by atoms with Gasteiger partial charge in [0.2, 0.25) is 0 Å². The number of carbonyl (C=O) groups is 2. The first-order valence-electron chi connectivity index (χ1n) is 6.39. The summed E-state index contributed by atoms with van der Waals surface area (Å²) in [6.07, 6.45) is 2.61. The molecule has 2 amide bonds. The third-order valence-corrected chi connectivity index (χ3v) is 3.39. The van der Waals surface area contributed by atoms with E-state index in [2.05, 4.69) is 0 Å². The third kappa shape index (κ3) is 1.93. The lowest BCUT2D eigenvalue weighted by Gasteiger charge is -2.19. The van der Waals surface area contributed by atoms with Crippen LogP contribution in [0.2, 0.25) is 0 Å². The van der Waals surface area contributed by atoms with Crippen molar-refractivity contribution in [2.45, 2.75) is 6.92 Å². The van der Waals surface area contributed by atoms with Gasteiger partial charge >= 0.3 is 0 Å². The number of imide groups is 1. The zero-order chi connectivity index (χ0) is 14.1. The van der Waals surface area contributed by atoms with E-state index in [1.807, 2.05) is 49.4 Å². The third-order valence-electron chi connectivity index (χ3n) is 3.39. The molecule has 3 heteroatoms. The molecule has 0 unspecified atom stereocenters. The number of rotatable bonds is 2. The molecule has 0 aliphatic carbocycles. The van der Waals surface area contributed by atoms with Crippen LogP contribution in [-0.4, -0.2) is 11.8 Å². The Morgan fingerprint density at radius 1 is 0.750 bits per heavy atom. The second-order valence-electron chi connectivity index (χ2n) is 4.68. The van der Waals surface area contributed by atoms with Crippen LogP contribution in [0.3, 0.4) is 0 Å². The maximum absolute atomic E-state index is 11.9. The number of hydrogen-bond acceptors (Lipinski definition) is 2. The molecule has 0 saturated carbocycles. The largest absolute Gasteiger partial charge is 0.269 e. The standard InChI is InChI=1S/C17H13NO2/c1-12-6-2-3-7-13(12)14-8-4-5-9-15(14)18-16(19)10-11-17(18)20/h2-11H,1H3. The lowest BCUT2D eigenvalue weighted by Crippen LogP contribution is -2.30. The quantitative estimate of drug-likeness (QED) is 0.781. The van der Waals surface area contributed by atoms with E-state index >= 15 is 0 Å². The lowest BCUT2D eigenvalue weighted by atomic mass is 9.98. The van der Waals surface area contributed by atoms with Crippen molar-refractivity contribution < 1.29 is 9.59 Å². The highest BCUT2D eigenvalue weighted by atomic mass is 16.2. The van der Waals surface area contributed by atoms with Gasteiger partial charge in [0.25, 0.3) is 11.8 Å². The van der Waals surface area contributed by atoms with Gasteiger partial charge in [0.15, 0.2) is 0 Å². The molecule has 1 aliphatic heterocycles. The summed E-state index contributed by atoms with van der Waals surface area (Å²) in [5.41, 5.74) is 3.64. The molecule has 0 atom stereocenters. The Morgan fingerprint density at radius 2 is 1.30 bits per heavy atom. The molecule has 3 rings (SSSR count). The molecular weight excluding hydrogens is 250 g/mol. The van der Waals surface area contributed by atoms with Gasteiger partial charge in [-0.25, -0.2) is 4.90 Å². The molecule has 98 valence electrons. The summed E-state index contributed by atoms with van der Waals surface area (Å²) in [5, 5.41) is 0. The van der Waals surface area contributed by atoms with E-state index < -0.39 is 0 Å². The summed E-state index contributed by atoms with van der Waals surface area (Å²) < 4.78 is 0. The Labute approximate surface area is 117 Å². The van der Waals surface area contributed by atoms with Crippen LogP contribution in [0.25, 0.3) is 11.1 Å². The molecule has 3 nitrogen and oxygen atoms in total. The second kappa shape index (κ2) is 4.78. The summed E-state index contributed by atoms with van der Waals surface area (Å²) in [6.45, 7) is 2.01. The highest BCUT2D eigenvalue weighted by Gasteiger charge is 2.27. The van der Waals surface area contributed by atoms with Crippen LogP contribution in [0.5, 0.6) is 0 Å². The number of aryl methyl sites for hydroxylation is 1. The minimum atomic E-state index is -0.295. The number of benzene rings is 2. The summed E-state index contributed by atoms with van der Waals surface area (Å²) >= 11 is 0. The number of anilines is 1. The molecule has 0 N–H and O–H groups in total. The molecule has 0 fully saturated rings. The first-order chi connectivity index (χ1) is 9.68. The number of para-hydroxylation sites is 1. The minimum Gasteiger partial charge on any atom is -0.269 e. The smallest absolute Gasteiger partial charge is 0.258 e. The molecule has 2 aromatic rings. The normalized spacial score (nSPS) is 14.2. The number of nitrogens with zero attached hydrogens (tertiary/aromatic N) is 1. The number of amides is 2. The van der Waals surface area contributed by atoms with Crippen LogP contribution in [0.4, 0.5) is 5.69 Å². The Bertz CT molecular complexity index is 713. The summed E-state index contributed by atoms with van der Waals surface area (Å²) in [5.74, 6) is -0.591. The van der Waals surface area contributed by atoms with E-state index in [1.165, 1.54) is 17.1 Å². The first kappa shape index (κ1) is 12.4. The van der Waals surface area contributed by atoms with Crippen molar-refractivity contribution >= 4 is 17.5 Å². The maximum atomic E-state index is 11.9. The van der Waals surface area contributed by atoms with Gasteiger partial charge in [-0.1, -0.05) is 42.5 Å². The van der Waals surface area contributed by atoms with Crippen LogP contribution in [0.15, 0.2) is 60.7 Å². The van der Waals surface area contributed by atoms with Gasteiger partial charge in [0, 0.05) is 17.7 Å². The Balaban J connectivity index is 2.17.